The molecule has 1 rings (SSSR count). The Kier molecular flexibility index (Phi) is 19.7. The molecule has 0 atom stereocenters. The Bertz CT molecular complexity index is 744. The van der Waals surface area contributed by atoms with Crippen molar-refractivity contribution < 1.29 is 8.42 Å². The van der Waals surface area contributed by atoms with E-state index < -0.39 is 10.0 Å². The lowest BCUT2D eigenvalue weighted by molar-refractivity contribution is 0.376. The largest absolute Gasteiger partial charge is 0.359 e. The van der Waals surface area contributed by atoms with Gasteiger partial charge in [-0.05, 0) is 31.4 Å². The zero-order chi connectivity index (χ0) is 26.3. The zero-order valence-corrected chi connectivity index (χ0v) is 24.7. The summed E-state index contributed by atoms with van der Waals surface area (Å²) in [7, 11) is -3.69. The molecule has 4 nitrogen and oxygen atoms in total. The Labute approximate surface area is 224 Å². The molecule has 0 radical (unpaired) electrons. The highest BCUT2D eigenvalue weighted by Gasteiger charge is 2.18. The predicted molar refractivity (Wildman–Crippen MR) is 157 cm³/mol. The minimum atomic E-state index is -3.69. The van der Waals surface area contributed by atoms with Gasteiger partial charge in [-0.25, -0.2) is 0 Å². The van der Waals surface area contributed by atoms with Gasteiger partial charge in [0, 0.05) is 19.5 Å². The van der Waals surface area contributed by atoms with Crippen molar-refractivity contribution in [2.24, 2.45) is 4.40 Å². The average Bonchev–Trinajstić information content (AvgIpc) is 2.88. The second-order valence-electron chi connectivity index (χ2n) is 10.3. The van der Waals surface area contributed by atoms with Crippen molar-refractivity contribution in [1.82, 2.24) is 4.90 Å². The van der Waals surface area contributed by atoms with Crippen LogP contribution in [-0.4, -0.2) is 32.2 Å². The first-order chi connectivity index (χ1) is 17.5. The molecule has 0 spiro atoms. The monoisotopic (exact) mass is 520 g/mol. The van der Waals surface area contributed by atoms with Crippen molar-refractivity contribution in [3.05, 3.63) is 30.3 Å². The summed E-state index contributed by atoms with van der Waals surface area (Å²) in [6.45, 7) is 8.56. The van der Waals surface area contributed by atoms with Crippen LogP contribution < -0.4 is 0 Å². The first kappa shape index (κ1) is 32.7. The molecule has 0 aliphatic carbocycles. The summed E-state index contributed by atoms with van der Waals surface area (Å²) in [4.78, 5) is 2.62. The van der Waals surface area contributed by atoms with Gasteiger partial charge in [0.25, 0.3) is 10.0 Å². The fourth-order valence-corrected chi connectivity index (χ4v) is 5.74. The van der Waals surface area contributed by atoms with Gasteiger partial charge in [-0.15, -0.1) is 4.40 Å². The molecule has 0 aliphatic heterocycles. The average molecular weight is 521 g/mol. The van der Waals surface area contributed by atoms with Gasteiger partial charge in [-0.2, -0.15) is 8.42 Å². The van der Waals surface area contributed by atoms with Crippen LogP contribution >= 0.6 is 0 Å². The second-order valence-corrected chi connectivity index (χ2v) is 11.9. The van der Waals surface area contributed by atoms with E-state index in [2.05, 4.69) is 30.1 Å². The summed E-state index contributed by atoms with van der Waals surface area (Å²) < 4.78 is 30.8. The van der Waals surface area contributed by atoms with Gasteiger partial charge >= 0.3 is 0 Å². The lowest BCUT2D eigenvalue weighted by Crippen LogP contribution is -2.34. The van der Waals surface area contributed by atoms with Crippen LogP contribution in [0.4, 0.5) is 0 Å². The summed E-state index contributed by atoms with van der Waals surface area (Å²) in [5.41, 5.74) is 0. The highest BCUT2D eigenvalue weighted by molar-refractivity contribution is 7.90. The summed E-state index contributed by atoms with van der Waals surface area (Å²) >= 11 is 0. The van der Waals surface area contributed by atoms with E-state index in [0.717, 1.165) is 51.0 Å². The van der Waals surface area contributed by atoms with E-state index in [9.17, 15) is 8.42 Å². The number of amidine groups is 1. The Morgan fingerprint density at radius 2 is 1.03 bits per heavy atom. The van der Waals surface area contributed by atoms with Crippen LogP contribution in [0.1, 0.15) is 143 Å². The van der Waals surface area contributed by atoms with Gasteiger partial charge in [-0.3, -0.25) is 0 Å². The minimum absolute atomic E-state index is 0.294. The van der Waals surface area contributed by atoms with E-state index >= 15 is 0 Å². The van der Waals surface area contributed by atoms with E-state index in [1.54, 1.807) is 24.3 Å². The Balaban J connectivity index is 2.89. The molecule has 0 bridgehead atoms. The quantitative estimate of drug-likeness (QED) is 0.0820. The molecule has 36 heavy (non-hydrogen) atoms. The van der Waals surface area contributed by atoms with Gasteiger partial charge in [0.1, 0.15) is 5.84 Å². The molecule has 0 saturated carbocycles. The van der Waals surface area contributed by atoms with Crippen molar-refractivity contribution in [3.8, 4) is 0 Å². The maximum atomic E-state index is 13.2. The molecule has 0 N–H and O–H groups in total. The molecule has 0 heterocycles. The van der Waals surface area contributed by atoms with Crippen molar-refractivity contribution in [3.63, 3.8) is 0 Å². The molecule has 0 unspecified atom stereocenters. The van der Waals surface area contributed by atoms with Crippen LogP contribution in [0, 0.1) is 0 Å². The van der Waals surface area contributed by atoms with Crippen LogP contribution in [0.3, 0.4) is 0 Å². The highest BCUT2D eigenvalue weighted by atomic mass is 32.2. The SMILES string of the molecule is CCCCCCCCCN(CCCCCCCCC)C(CCCCCC)=NS(=O)(=O)c1ccccc1. The Hall–Kier alpha value is -1.36. The summed E-state index contributed by atoms with van der Waals surface area (Å²) in [6, 6.07) is 8.72. The van der Waals surface area contributed by atoms with E-state index in [1.165, 1.54) is 89.9 Å². The number of benzene rings is 1. The van der Waals surface area contributed by atoms with Gasteiger partial charge in [-0.1, -0.05) is 135 Å². The molecular weight excluding hydrogens is 464 g/mol. The van der Waals surface area contributed by atoms with Gasteiger partial charge in [0.2, 0.25) is 0 Å². The van der Waals surface area contributed by atoms with Crippen LogP contribution in [0.5, 0.6) is 0 Å². The summed E-state index contributed by atoms with van der Waals surface area (Å²) in [5, 5.41) is 0. The van der Waals surface area contributed by atoms with Crippen molar-refractivity contribution in [1.29, 1.82) is 0 Å². The first-order valence-electron chi connectivity index (χ1n) is 15.2. The number of sulfonamides is 1. The fraction of sp³-hybridized carbons (Fsp3) is 0.774. The standard InChI is InChI=1S/C31H56N2O2S/c1-4-7-10-13-15-17-23-28-33(29-24-18-16-14-11-8-5-2)31(27-22-12-9-6-3)32-36(34,35)30-25-20-19-21-26-30/h19-21,25-26H,4-18,22-24,27-29H2,1-3H3. The smallest absolute Gasteiger partial charge is 0.283 e. The Morgan fingerprint density at radius 1 is 0.611 bits per heavy atom. The van der Waals surface area contributed by atoms with Crippen LogP contribution in [0.25, 0.3) is 0 Å². The molecule has 0 aromatic heterocycles. The van der Waals surface area contributed by atoms with E-state index in [0.29, 0.717) is 4.90 Å². The highest BCUT2D eigenvalue weighted by Crippen LogP contribution is 2.17. The number of nitrogens with zero attached hydrogens (tertiary/aromatic N) is 2. The van der Waals surface area contributed by atoms with Crippen molar-refractivity contribution in [2.45, 2.75) is 148 Å². The number of hydrogen-bond acceptors (Lipinski definition) is 2. The third-order valence-electron chi connectivity index (χ3n) is 6.95. The normalized spacial score (nSPS) is 12.2. The molecule has 0 saturated heterocycles. The Morgan fingerprint density at radius 3 is 1.50 bits per heavy atom. The van der Waals surface area contributed by atoms with Crippen LogP contribution in [0.2, 0.25) is 0 Å². The lowest BCUT2D eigenvalue weighted by atomic mass is 10.1. The molecular formula is C31H56N2O2S. The van der Waals surface area contributed by atoms with Crippen LogP contribution in [-0.2, 0) is 10.0 Å². The molecule has 5 heteroatoms. The van der Waals surface area contributed by atoms with Gasteiger partial charge in [0.05, 0.1) is 4.90 Å². The molecule has 0 fully saturated rings. The number of hydrogen-bond donors (Lipinski definition) is 0. The van der Waals surface area contributed by atoms with E-state index in [4.69, 9.17) is 0 Å². The topological polar surface area (TPSA) is 49.7 Å². The maximum absolute atomic E-state index is 13.2. The molecule has 0 aliphatic rings. The maximum Gasteiger partial charge on any atom is 0.283 e. The number of rotatable bonds is 23. The summed E-state index contributed by atoms with van der Waals surface area (Å²) in [5.74, 6) is 0.784. The second kappa shape index (κ2) is 21.7. The fourth-order valence-electron chi connectivity index (χ4n) is 4.64. The van der Waals surface area contributed by atoms with Crippen molar-refractivity contribution >= 4 is 15.9 Å². The predicted octanol–water partition coefficient (Wildman–Crippen LogP) is 9.55. The molecule has 1 aromatic carbocycles. The van der Waals surface area contributed by atoms with Gasteiger partial charge in [0.15, 0.2) is 0 Å². The lowest BCUT2D eigenvalue weighted by Gasteiger charge is -2.26. The zero-order valence-electron chi connectivity index (χ0n) is 23.9. The first-order valence-corrected chi connectivity index (χ1v) is 16.6. The molecule has 0 amide bonds. The molecule has 208 valence electrons. The third-order valence-corrected chi connectivity index (χ3v) is 8.27. The number of unbranched alkanes of at least 4 members (excludes halogenated alkanes) is 15. The van der Waals surface area contributed by atoms with E-state index in [1.807, 2.05) is 6.07 Å². The molecule has 1 aromatic rings. The van der Waals surface area contributed by atoms with Crippen LogP contribution in [0.15, 0.2) is 39.6 Å². The van der Waals surface area contributed by atoms with Crippen molar-refractivity contribution in [2.75, 3.05) is 13.1 Å². The van der Waals surface area contributed by atoms with E-state index in [-0.39, 0.29) is 0 Å². The minimum Gasteiger partial charge on any atom is -0.359 e. The third kappa shape index (κ3) is 15.7. The van der Waals surface area contributed by atoms with Gasteiger partial charge < -0.3 is 4.90 Å². The summed E-state index contributed by atoms with van der Waals surface area (Å²) in [6.07, 6.45) is 22.9.